The molecule has 0 spiro atoms. The summed E-state index contributed by atoms with van der Waals surface area (Å²) in [5.41, 5.74) is 3.37. The molecule has 15 atom stereocenters. The molecule has 4 aromatic carbocycles. The van der Waals surface area contributed by atoms with Crippen molar-refractivity contribution in [2.75, 3.05) is 19.7 Å². The number of hydrogen-bond donors (Lipinski definition) is 14. The number of aromatic hydroxyl groups is 1. The van der Waals surface area contributed by atoms with Crippen molar-refractivity contribution in [1.82, 2.24) is 36.4 Å². The first-order chi connectivity index (χ1) is 39.0. The number of carbonyl (C=O) groups is 7. The average molecular weight is 1140 g/mol. The van der Waals surface area contributed by atoms with Crippen LogP contribution in [0.25, 0.3) is 22.3 Å². The number of phenols is 1. The number of amides is 7. The van der Waals surface area contributed by atoms with E-state index in [4.69, 9.17) is 4.74 Å². The summed E-state index contributed by atoms with van der Waals surface area (Å²) < 4.78 is 5.84. The highest BCUT2D eigenvalue weighted by molar-refractivity contribution is 6.00. The standard InChI is InChI=1S/C58H73N7O17/c1-5-6-7-24-82-40-22-18-35(19-23-40)33-10-8-32(9-11-33)34-12-14-37(15-13-34)51(74)59-41-26-43(70)54(77)63-56(79)47-48(71)29(2)27-65(47)58(81)45(31(4)67)61-55(78)46(50(73)49(72)36-16-20-38(68)21-17-36)62-53(76)42-25-39(69)28-64(42)57(80)44(30(3)66)60-52(41)75/h8-23,29-31,39,41-50,54,66-73,77H,5-7,24-28H2,1-4H3,(H,59,74)(H,60,75)(H,61,78)(H,62,76)(H,63,79)/t29-,30-,31-,39+,41-,42-,43+,44-,45-,46-,47-,48-,49-,50-,54+/m0/s1. The van der Waals surface area contributed by atoms with Gasteiger partial charge >= 0.3 is 0 Å². The maximum absolute atomic E-state index is 14.5. The third-order valence-corrected chi connectivity index (χ3v) is 15.0. The second kappa shape index (κ2) is 27.5. The fourth-order valence-electron chi connectivity index (χ4n) is 10.2. The van der Waals surface area contributed by atoms with Crippen LogP contribution in [0.1, 0.15) is 81.8 Å². The van der Waals surface area contributed by atoms with E-state index in [1.54, 1.807) is 12.1 Å². The van der Waals surface area contributed by atoms with Crippen LogP contribution in [0.5, 0.6) is 11.5 Å². The van der Waals surface area contributed by atoms with E-state index in [0.717, 1.165) is 77.5 Å². The Balaban J connectivity index is 1.18. The molecule has 24 nitrogen and oxygen atoms in total. The van der Waals surface area contributed by atoms with Gasteiger partial charge in [0.25, 0.3) is 5.91 Å². The van der Waals surface area contributed by atoms with Crippen molar-refractivity contribution >= 4 is 41.4 Å². The van der Waals surface area contributed by atoms with E-state index in [1.165, 1.54) is 31.2 Å². The predicted molar refractivity (Wildman–Crippen MR) is 293 cm³/mol. The molecule has 3 saturated heterocycles. The second-order valence-corrected chi connectivity index (χ2v) is 21.3. The minimum atomic E-state index is -2.29. The lowest BCUT2D eigenvalue weighted by atomic mass is 9.96. The molecular weight excluding hydrogens is 1070 g/mol. The first-order valence-electron chi connectivity index (χ1n) is 27.3. The van der Waals surface area contributed by atoms with Gasteiger partial charge in [0, 0.05) is 37.4 Å². The Morgan fingerprint density at radius 3 is 1.72 bits per heavy atom. The molecule has 442 valence electrons. The minimum absolute atomic E-state index is 0.00973. The zero-order valence-electron chi connectivity index (χ0n) is 45.7. The van der Waals surface area contributed by atoms with E-state index in [0.29, 0.717) is 12.2 Å². The Labute approximate surface area is 473 Å². The molecule has 7 rings (SSSR count). The smallest absolute Gasteiger partial charge is 0.251 e. The number of aliphatic hydroxyl groups is 8. The molecule has 0 aromatic heterocycles. The molecule has 0 bridgehead atoms. The van der Waals surface area contributed by atoms with Crippen molar-refractivity contribution in [1.29, 1.82) is 0 Å². The molecule has 4 aromatic rings. The number of hydrogen-bond acceptors (Lipinski definition) is 17. The summed E-state index contributed by atoms with van der Waals surface area (Å²) in [6.45, 7) is 5.47. The summed E-state index contributed by atoms with van der Waals surface area (Å²) in [5, 5.41) is 111. The van der Waals surface area contributed by atoms with Gasteiger partial charge in [0.1, 0.15) is 66.1 Å². The molecule has 0 aliphatic carbocycles. The van der Waals surface area contributed by atoms with Crippen LogP contribution in [0.15, 0.2) is 97.1 Å². The number of aliphatic hydroxyl groups excluding tert-OH is 8. The summed E-state index contributed by atoms with van der Waals surface area (Å²) in [4.78, 5) is 102. The van der Waals surface area contributed by atoms with Crippen molar-refractivity contribution in [2.45, 2.75) is 145 Å². The highest BCUT2D eigenvalue weighted by Crippen LogP contribution is 2.30. The fourth-order valence-corrected chi connectivity index (χ4v) is 10.2. The quantitative estimate of drug-likeness (QED) is 0.0679. The SMILES string of the molecule is CCCCCOc1ccc(-c2ccc(-c3ccc(C(=O)N[C@H]4C[C@@H](O)[C@@H](O)NC(=O)[C@@H]5[C@@H](O)[C@@H](C)CN5C(=O)[C@H]([C@H](C)O)NC(=O)[C@H]([C@H](O)[C@@H](O)c5ccc(O)cc5)NC(=O)[C@@H]5C[C@@H](O)CN5C(=O)[C@H]([C@H](C)O)NC4=O)cc3)cc2)cc1. The van der Waals surface area contributed by atoms with Gasteiger partial charge in [-0.2, -0.15) is 0 Å². The number of phenolic OH excluding ortho intramolecular Hbond substituents is 1. The minimum Gasteiger partial charge on any atom is -0.508 e. The molecule has 3 aliphatic heterocycles. The van der Waals surface area contributed by atoms with Gasteiger partial charge in [-0.1, -0.05) is 87.4 Å². The number of nitrogens with zero attached hydrogens (tertiary/aromatic N) is 2. The molecule has 0 unspecified atom stereocenters. The molecule has 14 N–H and O–H groups in total. The molecular formula is C58H73N7O17. The molecule has 3 heterocycles. The zero-order chi connectivity index (χ0) is 59.7. The average Bonchev–Trinajstić information content (AvgIpc) is 4.06. The van der Waals surface area contributed by atoms with Crippen LogP contribution >= 0.6 is 0 Å². The van der Waals surface area contributed by atoms with Crippen LogP contribution < -0.4 is 31.3 Å². The number of unbranched alkanes of at least 4 members (excludes halogenated alkanes) is 2. The van der Waals surface area contributed by atoms with E-state index >= 15 is 0 Å². The van der Waals surface area contributed by atoms with Crippen molar-refractivity contribution < 1.29 is 84.3 Å². The Morgan fingerprint density at radius 2 is 1.16 bits per heavy atom. The van der Waals surface area contributed by atoms with Crippen LogP contribution in [0.3, 0.4) is 0 Å². The highest BCUT2D eigenvalue weighted by atomic mass is 16.5. The van der Waals surface area contributed by atoms with Crippen LogP contribution in [-0.4, -0.2) is 196 Å². The van der Waals surface area contributed by atoms with E-state index in [2.05, 4.69) is 33.5 Å². The molecule has 0 radical (unpaired) electrons. The summed E-state index contributed by atoms with van der Waals surface area (Å²) in [5.74, 6) is -8.67. The Morgan fingerprint density at radius 1 is 0.634 bits per heavy atom. The van der Waals surface area contributed by atoms with Crippen LogP contribution in [-0.2, 0) is 28.8 Å². The predicted octanol–water partition coefficient (Wildman–Crippen LogP) is -0.927. The number of rotatable bonds is 14. The van der Waals surface area contributed by atoms with Gasteiger partial charge in [-0.05, 0) is 84.5 Å². The summed E-state index contributed by atoms with van der Waals surface area (Å²) >= 11 is 0. The summed E-state index contributed by atoms with van der Waals surface area (Å²) in [6.07, 6.45) is -13.6. The van der Waals surface area contributed by atoms with Crippen LogP contribution in [0.4, 0.5) is 0 Å². The number of benzene rings is 4. The lowest BCUT2D eigenvalue weighted by Crippen LogP contribution is -2.64. The lowest BCUT2D eigenvalue weighted by Gasteiger charge is -2.34. The second-order valence-electron chi connectivity index (χ2n) is 21.3. The van der Waals surface area contributed by atoms with Crippen molar-refractivity contribution in [2.24, 2.45) is 5.92 Å². The molecule has 82 heavy (non-hydrogen) atoms. The Kier molecular flexibility index (Phi) is 20.8. The molecule has 0 saturated carbocycles. The Hall–Kier alpha value is -7.55. The van der Waals surface area contributed by atoms with Crippen molar-refractivity contribution in [3.63, 3.8) is 0 Å². The summed E-state index contributed by atoms with van der Waals surface area (Å²) in [6, 6.07) is 14.7. The molecule has 3 aliphatic rings. The number of ether oxygens (including phenoxy) is 1. The van der Waals surface area contributed by atoms with E-state index < -0.39 is 152 Å². The number of nitrogens with one attached hydrogen (secondary N) is 5. The van der Waals surface area contributed by atoms with E-state index in [-0.39, 0.29) is 23.4 Å². The Bertz CT molecular complexity index is 2880. The topological polar surface area (TPSA) is 377 Å². The van der Waals surface area contributed by atoms with Crippen LogP contribution in [0, 0.1) is 5.92 Å². The van der Waals surface area contributed by atoms with Gasteiger partial charge in [0.05, 0.1) is 31.0 Å². The molecule has 7 amide bonds. The molecule has 24 heteroatoms. The zero-order valence-corrected chi connectivity index (χ0v) is 45.7. The van der Waals surface area contributed by atoms with Gasteiger partial charge in [-0.15, -0.1) is 0 Å². The van der Waals surface area contributed by atoms with Gasteiger partial charge in [-0.25, -0.2) is 0 Å². The van der Waals surface area contributed by atoms with Gasteiger partial charge in [-0.3, -0.25) is 33.6 Å². The van der Waals surface area contributed by atoms with Gasteiger partial charge < -0.3 is 87.1 Å². The first kappa shape index (κ1) is 62.1. The maximum atomic E-state index is 14.5. The number of fused-ring (bicyclic) bond motifs is 2. The maximum Gasteiger partial charge on any atom is 0.251 e. The third-order valence-electron chi connectivity index (χ3n) is 15.0. The monoisotopic (exact) mass is 1140 g/mol. The van der Waals surface area contributed by atoms with Gasteiger partial charge in [0.2, 0.25) is 35.4 Å². The normalized spacial score (nSPS) is 27.5. The highest BCUT2D eigenvalue weighted by Gasteiger charge is 2.50. The van der Waals surface area contributed by atoms with Crippen molar-refractivity contribution in [3.05, 3.63) is 108 Å². The summed E-state index contributed by atoms with van der Waals surface area (Å²) in [7, 11) is 0. The van der Waals surface area contributed by atoms with Crippen molar-refractivity contribution in [3.8, 4) is 33.8 Å². The first-order valence-corrected chi connectivity index (χ1v) is 27.3. The molecule has 3 fully saturated rings. The largest absolute Gasteiger partial charge is 0.508 e. The van der Waals surface area contributed by atoms with E-state index in [9.17, 15) is 79.5 Å². The van der Waals surface area contributed by atoms with Gasteiger partial charge in [0.15, 0.2) is 6.23 Å². The lowest BCUT2D eigenvalue weighted by molar-refractivity contribution is -0.148. The third kappa shape index (κ3) is 14.7. The van der Waals surface area contributed by atoms with Crippen LogP contribution in [0.2, 0.25) is 0 Å². The number of carbonyl (C=O) groups excluding carboxylic acids is 7. The van der Waals surface area contributed by atoms with E-state index in [1.807, 2.05) is 48.5 Å². The fraction of sp³-hybridized carbons (Fsp3) is 0.466.